The maximum Gasteiger partial charge on any atom is 0.235 e. The molecule has 0 amide bonds. The van der Waals surface area contributed by atoms with E-state index in [2.05, 4.69) is 196 Å². The lowest BCUT2D eigenvalue weighted by molar-refractivity contribution is 0.975. The number of para-hydroxylation sites is 4. The van der Waals surface area contributed by atoms with Crippen molar-refractivity contribution in [3.05, 3.63) is 255 Å². The lowest BCUT2D eigenvalue weighted by Crippen LogP contribution is -2.05. The van der Waals surface area contributed by atoms with Crippen LogP contribution in [0.3, 0.4) is 0 Å². The molecule has 8 heteroatoms. The molecule has 15 rings (SSSR count). The Morgan fingerprint density at radius 1 is 0.240 bits per heavy atom. The molecule has 15 aromatic rings. The molecule has 0 fully saturated rings. The summed E-state index contributed by atoms with van der Waals surface area (Å²) in [5, 5.41) is 7.01. The van der Waals surface area contributed by atoms with Gasteiger partial charge in [-0.25, -0.2) is 24.9 Å². The Kier molecular flexibility index (Phi) is 9.71. The zero-order valence-electron chi connectivity index (χ0n) is 40.3. The molecule has 0 saturated carbocycles. The van der Waals surface area contributed by atoms with Gasteiger partial charge in [0.25, 0.3) is 0 Å². The summed E-state index contributed by atoms with van der Waals surface area (Å²) in [4.78, 5) is 25.3. The number of fused-ring (bicyclic) bond motifs is 9. The fourth-order valence-electron chi connectivity index (χ4n) is 11.1. The Hall–Kier alpha value is -10.3. The van der Waals surface area contributed by atoms with Crippen molar-refractivity contribution in [3.63, 3.8) is 0 Å². The summed E-state index contributed by atoms with van der Waals surface area (Å²) >= 11 is 0. The second-order valence-corrected chi connectivity index (χ2v) is 18.9. The van der Waals surface area contributed by atoms with Gasteiger partial charge in [0.2, 0.25) is 5.95 Å². The molecule has 350 valence electrons. The fraction of sp³-hybridized carbons (Fsp3) is 0. The lowest BCUT2D eigenvalue weighted by atomic mass is 9.98. The number of aromatic nitrogens is 8. The minimum Gasteiger partial charge on any atom is -0.309 e. The average molecular weight is 959 g/mol. The van der Waals surface area contributed by atoms with Crippen molar-refractivity contribution in [3.8, 4) is 73.9 Å². The molecular weight excluding hydrogens is 917 g/mol. The van der Waals surface area contributed by atoms with E-state index in [9.17, 15) is 0 Å². The van der Waals surface area contributed by atoms with Gasteiger partial charge in [-0.05, 0) is 113 Å². The highest BCUT2D eigenvalue weighted by Crippen LogP contribution is 2.41. The molecule has 8 nitrogen and oxygen atoms in total. The van der Waals surface area contributed by atoms with E-state index in [0.29, 0.717) is 29.1 Å². The molecular formula is C67H42N8. The van der Waals surface area contributed by atoms with Gasteiger partial charge < -0.3 is 9.13 Å². The van der Waals surface area contributed by atoms with Crippen LogP contribution in [0.2, 0.25) is 0 Å². The van der Waals surface area contributed by atoms with Gasteiger partial charge in [0.1, 0.15) is 5.69 Å². The minimum absolute atomic E-state index is 0.463. The maximum atomic E-state index is 5.29. The molecule has 0 spiro atoms. The second-order valence-electron chi connectivity index (χ2n) is 18.9. The Bertz CT molecular complexity index is 4420. The van der Waals surface area contributed by atoms with E-state index >= 15 is 0 Å². The molecule has 0 N–H and O–H groups in total. The normalized spacial score (nSPS) is 11.7. The second kappa shape index (κ2) is 17.2. The molecule has 75 heavy (non-hydrogen) atoms. The molecule has 0 saturated heterocycles. The fourth-order valence-corrected chi connectivity index (χ4v) is 11.1. The molecule has 0 aliphatic rings. The first-order chi connectivity index (χ1) is 37.2. The van der Waals surface area contributed by atoms with Crippen LogP contribution in [-0.2, 0) is 0 Å². The summed E-state index contributed by atoms with van der Waals surface area (Å²) in [5.74, 6) is 2.12. The van der Waals surface area contributed by atoms with Crippen LogP contribution in [0.25, 0.3) is 139 Å². The summed E-state index contributed by atoms with van der Waals surface area (Å²) < 4.78 is 6.89. The van der Waals surface area contributed by atoms with Gasteiger partial charge in [-0.1, -0.05) is 158 Å². The third-order valence-electron chi connectivity index (χ3n) is 14.6. The van der Waals surface area contributed by atoms with Crippen LogP contribution in [0.15, 0.2) is 255 Å². The number of hydrogen-bond acceptors (Lipinski definition) is 5. The summed E-state index contributed by atoms with van der Waals surface area (Å²) in [6.45, 7) is 0. The van der Waals surface area contributed by atoms with Gasteiger partial charge in [-0.3, -0.25) is 4.57 Å². The SMILES string of the molecule is c1ccc(-c2nc(-c3ccccc3)nc(-c3ccnc(-n4c5ccc(-c6ccc7c(c6)c6ccccc6n7-c6ccccc6)cc5c5cc(-c6ccc7c(c6)c6ccccc6n7-c6ccccc6)ccc54)n3)n2)cc1. The van der Waals surface area contributed by atoms with E-state index in [1.807, 2.05) is 66.7 Å². The summed E-state index contributed by atoms with van der Waals surface area (Å²) in [5.41, 5.74) is 15.8. The highest BCUT2D eigenvalue weighted by Gasteiger charge is 2.21. The van der Waals surface area contributed by atoms with Crippen molar-refractivity contribution in [1.29, 1.82) is 0 Å². The summed E-state index contributed by atoms with van der Waals surface area (Å²) in [7, 11) is 0. The van der Waals surface area contributed by atoms with Crippen molar-refractivity contribution in [2.24, 2.45) is 0 Å². The molecule has 0 bridgehead atoms. The molecule has 0 unspecified atom stereocenters. The van der Waals surface area contributed by atoms with E-state index in [0.717, 1.165) is 66.6 Å². The van der Waals surface area contributed by atoms with Crippen molar-refractivity contribution in [2.45, 2.75) is 0 Å². The van der Waals surface area contributed by atoms with Crippen LogP contribution < -0.4 is 0 Å². The first-order valence-corrected chi connectivity index (χ1v) is 25.2. The zero-order chi connectivity index (χ0) is 49.4. The van der Waals surface area contributed by atoms with Crippen LogP contribution in [0.4, 0.5) is 0 Å². The van der Waals surface area contributed by atoms with Gasteiger partial charge in [-0.2, -0.15) is 0 Å². The minimum atomic E-state index is 0.463. The van der Waals surface area contributed by atoms with Gasteiger partial charge in [0, 0.05) is 61.0 Å². The van der Waals surface area contributed by atoms with Crippen molar-refractivity contribution >= 4 is 65.4 Å². The highest BCUT2D eigenvalue weighted by atomic mass is 15.2. The molecule has 10 aromatic carbocycles. The van der Waals surface area contributed by atoms with Gasteiger partial charge >= 0.3 is 0 Å². The van der Waals surface area contributed by atoms with Crippen molar-refractivity contribution in [2.75, 3.05) is 0 Å². The van der Waals surface area contributed by atoms with Crippen LogP contribution in [0.5, 0.6) is 0 Å². The third kappa shape index (κ3) is 7.03. The third-order valence-corrected chi connectivity index (χ3v) is 14.6. The van der Waals surface area contributed by atoms with Crippen LogP contribution in [0, 0.1) is 0 Å². The predicted molar refractivity (Wildman–Crippen MR) is 306 cm³/mol. The largest absolute Gasteiger partial charge is 0.309 e. The highest BCUT2D eigenvalue weighted by molar-refractivity contribution is 6.14. The van der Waals surface area contributed by atoms with E-state index in [-0.39, 0.29) is 0 Å². The Balaban J connectivity index is 0.922. The van der Waals surface area contributed by atoms with E-state index in [4.69, 9.17) is 24.9 Å². The van der Waals surface area contributed by atoms with Crippen LogP contribution >= 0.6 is 0 Å². The summed E-state index contributed by atoms with van der Waals surface area (Å²) in [6, 6.07) is 87.8. The maximum absolute atomic E-state index is 5.29. The first kappa shape index (κ1) is 42.4. The van der Waals surface area contributed by atoms with Gasteiger partial charge in [0.05, 0.1) is 33.1 Å². The Morgan fingerprint density at radius 3 is 1.03 bits per heavy atom. The number of nitrogens with zero attached hydrogens (tertiary/aromatic N) is 8. The molecule has 0 aliphatic carbocycles. The molecule has 5 aromatic heterocycles. The van der Waals surface area contributed by atoms with Gasteiger partial charge in [-0.15, -0.1) is 0 Å². The Morgan fingerprint density at radius 2 is 0.587 bits per heavy atom. The zero-order valence-corrected chi connectivity index (χ0v) is 40.3. The topological polar surface area (TPSA) is 79.2 Å². The van der Waals surface area contributed by atoms with Crippen molar-refractivity contribution < 1.29 is 0 Å². The van der Waals surface area contributed by atoms with E-state index < -0.39 is 0 Å². The molecule has 0 atom stereocenters. The number of hydrogen-bond donors (Lipinski definition) is 0. The van der Waals surface area contributed by atoms with Gasteiger partial charge in [0.15, 0.2) is 17.5 Å². The summed E-state index contributed by atoms with van der Waals surface area (Å²) in [6.07, 6.45) is 1.80. The van der Waals surface area contributed by atoms with E-state index in [1.165, 1.54) is 43.6 Å². The first-order valence-electron chi connectivity index (χ1n) is 25.2. The monoisotopic (exact) mass is 958 g/mol. The van der Waals surface area contributed by atoms with Crippen molar-refractivity contribution in [1.82, 2.24) is 38.6 Å². The number of benzene rings is 10. The average Bonchev–Trinajstić information content (AvgIpc) is 4.20. The standard InChI is InChI=1S/C67H42N8/c1-5-17-43(18-6-1)64-70-65(44-19-7-2-8-20-44)72-66(71-64)57-37-38-68-67(69-57)75-62-35-31-47(45-29-33-60-53(39-45)51-25-13-15-27-58(51)73(60)49-21-9-3-10-22-49)41-55(62)56-42-48(32-36-63(56)75)46-30-34-61-54(40-46)52-26-14-16-28-59(52)74(61)50-23-11-4-12-24-50/h1-42H. The lowest BCUT2D eigenvalue weighted by Gasteiger charge is -2.10. The predicted octanol–water partition coefficient (Wildman–Crippen LogP) is 16.3. The quantitative estimate of drug-likeness (QED) is 0.152. The molecule has 5 heterocycles. The van der Waals surface area contributed by atoms with Crippen LogP contribution in [0.1, 0.15) is 0 Å². The Labute approximate surface area is 430 Å². The molecule has 0 aliphatic heterocycles. The van der Waals surface area contributed by atoms with Crippen LogP contribution in [-0.4, -0.2) is 38.6 Å². The number of rotatable bonds is 8. The van der Waals surface area contributed by atoms with E-state index in [1.54, 1.807) is 6.20 Å². The smallest absolute Gasteiger partial charge is 0.235 e. The molecule has 0 radical (unpaired) electrons.